The third-order valence-electron chi connectivity index (χ3n) is 6.39. The molecule has 0 spiro atoms. The first-order valence-corrected chi connectivity index (χ1v) is 12.0. The summed E-state index contributed by atoms with van der Waals surface area (Å²) in [5.41, 5.74) is 5.38. The fraction of sp³-hybridized carbons (Fsp3) is 0.308. The van der Waals surface area contributed by atoms with Crippen molar-refractivity contribution < 1.29 is 18.4 Å². The van der Waals surface area contributed by atoms with E-state index in [9.17, 15) is 9.59 Å². The number of rotatable bonds is 5. The normalized spacial score (nSPS) is 13.2. The number of hydrogen-bond donors (Lipinski definition) is 2. The van der Waals surface area contributed by atoms with Crippen LogP contribution < -0.4 is 10.6 Å². The van der Waals surface area contributed by atoms with Crippen LogP contribution in [0.1, 0.15) is 66.6 Å². The van der Waals surface area contributed by atoms with Crippen LogP contribution in [0.15, 0.2) is 39.4 Å². The van der Waals surface area contributed by atoms with E-state index in [-0.39, 0.29) is 17.6 Å². The lowest BCUT2D eigenvalue weighted by Gasteiger charge is -2.13. The van der Waals surface area contributed by atoms with Crippen LogP contribution in [0.4, 0.5) is 5.00 Å². The molecule has 5 rings (SSSR count). The van der Waals surface area contributed by atoms with Crippen LogP contribution in [0.2, 0.25) is 0 Å². The topological polar surface area (TPSA) is 84.5 Å². The van der Waals surface area contributed by atoms with Crippen molar-refractivity contribution in [3.05, 3.63) is 74.7 Å². The van der Waals surface area contributed by atoms with Crippen molar-refractivity contribution in [1.82, 2.24) is 5.32 Å². The summed E-state index contributed by atoms with van der Waals surface area (Å²) in [5.74, 6) is 0.427. The number of thiophene rings is 1. The van der Waals surface area contributed by atoms with E-state index in [0.29, 0.717) is 28.5 Å². The number of aryl methyl sites for hydroxylation is 4. The predicted octanol–water partition coefficient (Wildman–Crippen LogP) is 6.07. The molecule has 0 saturated carbocycles. The van der Waals surface area contributed by atoms with Crippen molar-refractivity contribution in [2.45, 2.75) is 53.0 Å². The summed E-state index contributed by atoms with van der Waals surface area (Å²) in [6, 6.07) is 7.63. The number of carbonyl (C=O) groups is 2. The van der Waals surface area contributed by atoms with Crippen molar-refractivity contribution >= 4 is 39.1 Å². The zero-order valence-electron chi connectivity index (χ0n) is 19.0. The Morgan fingerprint density at radius 3 is 2.64 bits per heavy atom. The van der Waals surface area contributed by atoms with Crippen LogP contribution in [-0.4, -0.2) is 11.8 Å². The minimum Gasteiger partial charge on any atom is -0.467 e. The van der Waals surface area contributed by atoms with Gasteiger partial charge in [-0.3, -0.25) is 9.59 Å². The minimum atomic E-state index is -0.335. The van der Waals surface area contributed by atoms with Crippen molar-refractivity contribution in [1.29, 1.82) is 0 Å². The van der Waals surface area contributed by atoms with Crippen LogP contribution in [0.3, 0.4) is 0 Å². The molecule has 0 atom stereocenters. The Morgan fingerprint density at radius 2 is 1.85 bits per heavy atom. The van der Waals surface area contributed by atoms with Gasteiger partial charge in [-0.15, -0.1) is 11.3 Å². The van der Waals surface area contributed by atoms with E-state index >= 15 is 0 Å². The lowest BCUT2D eigenvalue weighted by molar-refractivity contribution is 0.0948. The average Bonchev–Trinajstić information content (AvgIpc) is 3.51. The smallest absolute Gasteiger partial charge is 0.292 e. The third kappa shape index (κ3) is 3.97. The molecule has 0 bridgehead atoms. The Hall–Kier alpha value is -3.32. The van der Waals surface area contributed by atoms with Gasteiger partial charge in [0.1, 0.15) is 16.3 Å². The molecule has 0 radical (unpaired) electrons. The van der Waals surface area contributed by atoms with Gasteiger partial charge >= 0.3 is 0 Å². The highest BCUT2D eigenvalue weighted by Crippen LogP contribution is 2.39. The Labute approximate surface area is 196 Å². The molecule has 6 nitrogen and oxygen atoms in total. The molecule has 4 aromatic rings. The molecule has 7 heteroatoms. The zero-order valence-corrected chi connectivity index (χ0v) is 19.8. The number of fused-ring (bicyclic) bond motifs is 2. The molecule has 0 aliphatic heterocycles. The number of furan rings is 2. The van der Waals surface area contributed by atoms with Crippen molar-refractivity contribution in [3.63, 3.8) is 0 Å². The first kappa shape index (κ1) is 21.5. The third-order valence-corrected chi connectivity index (χ3v) is 7.59. The van der Waals surface area contributed by atoms with Gasteiger partial charge in [0.05, 0.1) is 18.4 Å². The second kappa shape index (κ2) is 8.56. The summed E-state index contributed by atoms with van der Waals surface area (Å²) in [7, 11) is 0. The molecule has 0 fully saturated rings. The number of amides is 2. The van der Waals surface area contributed by atoms with Crippen LogP contribution in [0.25, 0.3) is 11.0 Å². The molecule has 1 aromatic carbocycles. The molecule has 1 aliphatic rings. The van der Waals surface area contributed by atoms with E-state index in [0.717, 1.165) is 53.3 Å². The number of carbonyl (C=O) groups excluding carboxylic acids is 2. The highest BCUT2D eigenvalue weighted by atomic mass is 32.1. The first-order valence-electron chi connectivity index (χ1n) is 11.2. The Morgan fingerprint density at radius 1 is 1.06 bits per heavy atom. The Bertz CT molecular complexity index is 1360. The molecule has 2 amide bonds. The summed E-state index contributed by atoms with van der Waals surface area (Å²) in [6.07, 6.45) is 5.48. The van der Waals surface area contributed by atoms with Gasteiger partial charge in [0.25, 0.3) is 11.8 Å². The SMILES string of the molecule is Cc1cc2oc(C(=O)Nc3sc4c(c3C(=O)NCc3ccco3)CCCC4)c(C)c2cc1C. The largest absolute Gasteiger partial charge is 0.467 e. The number of hydrogen-bond acceptors (Lipinski definition) is 5. The van der Waals surface area contributed by atoms with Crippen LogP contribution in [-0.2, 0) is 19.4 Å². The van der Waals surface area contributed by atoms with Crippen molar-refractivity contribution in [3.8, 4) is 0 Å². The van der Waals surface area contributed by atoms with Crippen molar-refractivity contribution in [2.75, 3.05) is 5.32 Å². The standard InChI is InChI=1S/C26H26N2O4S/c1-14-11-19-16(3)23(32-20(19)12-15(14)2)25(30)28-26-22(18-8-4-5-9-21(18)33-26)24(29)27-13-17-7-6-10-31-17/h6-7,10-12H,4-5,8-9,13H2,1-3H3,(H,27,29)(H,28,30). The monoisotopic (exact) mass is 462 g/mol. The summed E-state index contributed by atoms with van der Waals surface area (Å²) in [5, 5.41) is 7.44. The summed E-state index contributed by atoms with van der Waals surface area (Å²) in [4.78, 5) is 27.6. The molecule has 0 saturated heterocycles. The van der Waals surface area contributed by atoms with Gasteiger partial charge in [-0.1, -0.05) is 0 Å². The van der Waals surface area contributed by atoms with Gasteiger partial charge in [-0.25, -0.2) is 0 Å². The number of nitrogens with one attached hydrogen (secondary N) is 2. The highest BCUT2D eigenvalue weighted by molar-refractivity contribution is 7.17. The molecule has 3 heterocycles. The van der Waals surface area contributed by atoms with Gasteiger partial charge in [0.2, 0.25) is 0 Å². The van der Waals surface area contributed by atoms with Gasteiger partial charge in [0.15, 0.2) is 5.76 Å². The van der Waals surface area contributed by atoms with E-state index in [1.54, 1.807) is 12.3 Å². The molecule has 1 aliphatic carbocycles. The zero-order chi connectivity index (χ0) is 23.1. The summed E-state index contributed by atoms with van der Waals surface area (Å²) >= 11 is 1.50. The van der Waals surface area contributed by atoms with E-state index in [1.807, 2.05) is 32.9 Å². The quantitative estimate of drug-likeness (QED) is 0.377. The number of benzene rings is 1. The van der Waals surface area contributed by atoms with Gasteiger partial charge < -0.3 is 19.5 Å². The molecule has 2 N–H and O–H groups in total. The fourth-order valence-electron chi connectivity index (χ4n) is 4.42. The fourth-order valence-corrected chi connectivity index (χ4v) is 5.70. The van der Waals surface area contributed by atoms with Crippen LogP contribution >= 0.6 is 11.3 Å². The van der Waals surface area contributed by atoms with Gasteiger partial charge in [0, 0.05) is 15.8 Å². The second-order valence-corrected chi connectivity index (χ2v) is 9.73. The first-order chi connectivity index (χ1) is 15.9. The molecule has 3 aromatic heterocycles. The lowest BCUT2D eigenvalue weighted by Crippen LogP contribution is -2.25. The maximum absolute atomic E-state index is 13.3. The molecule has 0 unspecified atom stereocenters. The molecular weight excluding hydrogens is 436 g/mol. The van der Waals surface area contributed by atoms with E-state index in [1.165, 1.54) is 16.2 Å². The Balaban J connectivity index is 1.46. The maximum Gasteiger partial charge on any atom is 0.292 e. The summed E-state index contributed by atoms with van der Waals surface area (Å²) in [6.45, 7) is 6.26. The average molecular weight is 463 g/mol. The molecular formula is C26H26N2O4S. The van der Waals surface area contributed by atoms with Crippen LogP contribution in [0.5, 0.6) is 0 Å². The highest BCUT2D eigenvalue weighted by Gasteiger charge is 2.28. The predicted molar refractivity (Wildman–Crippen MR) is 129 cm³/mol. The van der Waals surface area contributed by atoms with Gasteiger partial charge in [-0.05, 0) is 87.4 Å². The van der Waals surface area contributed by atoms with Crippen molar-refractivity contribution in [2.24, 2.45) is 0 Å². The summed E-state index contributed by atoms with van der Waals surface area (Å²) < 4.78 is 11.3. The maximum atomic E-state index is 13.3. The Kier molecular flexibility index (Phi) is 5.58. The van der Waals surface area contributed by atoms with Gasteiger partial charge in [-0.2, -0.15) is 0 Å². The lowest BCUT2D eigenvalue weighted by atomic mass is 9.95. The molecule has 170 valence electrons. The number of anilines is 1. The van der Waals surface area contributed by atoms with Crippen LogP contribution in [0, 0.1) is 20.8 Å². The second-order valence-electron chi connectivity index (χ2n) is 8.62. The minimum absolute atomic E-state index is 0.200. The van der Waals surface area contributed by atoms with E-state index in [4.69, 9.17) is 8.83 Å². The molecule has 33 heavy (non-hydrogen) atoms. The van der Waals surface area contributed by atoms with E-state index < -0.39 is 0 Å². The van der Waals surface area contributed by atoms with E-state index in [2.05, 4.69) is 16.7 Å².